The van der Waals surface area contributed by atoms with E-state index in [9.17, 15) is 4.39 Å². The predicted octanol–water partition coefficient (Wildman–Crippen LogP) is 3.31. The van der Waals surface area contributed by atoms with E-state index in [1.54, 1.807) is 6.07 Å². The molecule has 0 fully saturated rings. The Morgan fingerprint density at radius 2 is 2.10 bits per heavy atom. The molecule has 2 aromatic heterocycles. The van der Waals surface area contributed by atoms with Crippen LogP contribution in [0.5, 0.6) is 0 Å². The summed E-state index contributed by atoms with van der Waals surface area (Å²) in [6, 6.07) is 3.06. The molecule has 0 radical (unpaired) electrons. The lowest BCUT2D eigenvalue weighted by Gasteiger charge is -2.28. The number of hydrogen-bond donors (Lipinski definition) is 1. The lowest BCUT2D eigenvalue weighted by molar-refractivity contribution is 0.395. The third-order valence-corrected chi connectivity index (χ3v) is 4.84. The molecule has 0 aromatic carbocycles. The van der Waals surface area contributed by atoms with Gasteiger partial charge in [-0.25, -0.2) is 4.39 Å². The first-order valence-electron chi connectivity index (χ1n) is 7.04. The average molecular weight is 355 g/mol. The van der Waals surface area contributed by atoms with Gasteiger partial charge in [-0.1, -0.05) is 6.92 Å². The maximum absolute atomic E-state index is 13.1. The van der Waals surface area contributed by atoms with Crippen LogP contribution in [0.3, 0.4) is 0 Å². The molecule has 0 bridgehead atoms. The molecule has 2 N–H and O–H groups in total. The van der Waals surface area contributed by atoms with Gasteiger partial charge in [0.05, 0.1) is 33.3 Å². The number of nitrogens with zero attached hydrogens (tertiary/aromatic N) is 3. The lowest BCUT2D eigenvalue weighted by Crippen LogP contribution is -2.40. The van der Waals surface area contributed by atoms with Gasteiger partial charge in [0, 0.05) is 13.0 Å². The zero-order valence-electron chi connectivity index (χ0n) is 12.5. The van der Waals surface area contributed by atoms with E-state index in [1.807, 2.05) is 25.5 Å². The molecule has 2 aromatic rings. The van der Waals surface area contributed by atoms with Crippen molar-refractivity contribution in [3.05, 3.63) is 45.7 Å². The molecule has 0 aliphatic carbocycles. The van der Waals surface area contributed by atoms with Crippen molar-refractivity contribution >= 4 is 15.9 Å². The van der Waals surface area contributed by atoms with Crippen LogP contribution in [0.4, 0.5) is 4.39 Å². The van der Waals surface area contributed by atoms with Gasteiger partial charge in [0.2, 0.25) is 0 Å². The second-order valence-corrected chi connectivity index (χ2v) is 6.00. The number of nitrogens with two attached hydrogens (primary N) is 1. The van der Waals surface area contributed by atoms with Crippen molar-refractivity contribution in [3.8, 4) is 0 Å². The highest BCUT2D eigenvalue weighted by atomic mass is 79.9. The highest BCUT2D eigenvalue weighted by molar-refractivity contribution is 9.10. The molecule has 1 atom stereocenters. The van der Waals surface area contributed by atoms with Crippen molar-refractivity contribution in [2.45, 2.75) is 45.7 Å². The van der Waals surface area contributed by atoms with E-state index in [1.165, 1.54) is 12.3 Å². The van der Waals surface area contributed by atoms with Crippen LogP contribution < -0.4 is 5.73 Å². The molecule has 114 valence electrons. The maximum Gasteiger partial charge on any atom is 0.141 e. The summed E-state index contributed by atoms with van der Waals surface area (Å²) in [5.41, 5.74) is 8.60. The van der Waals surface area contributed by atoms with Gasteiger partial charge in [-0.15, -0.1) is 0 Å². The number of aromatic nitrogens is 3. The molecule has 6 heteroatoms. The topological polar surface area (TPSA) is 56.7 Å². The molecule has 0 saturated heterocycles. The van der Waals surface area contributed by atoms with Gasteiger partial charge in [-0.2, -0.15) is 5.10 Å². The first-order valence-corrected chi connectivity index (χ1v) is 7.83. The Labute approximate surface area is 132 Å². The molecule has 1 unspecified atom stereocenters. The van der Waals surface area contributed by atoms with Crippen molar-refractivity contribution in [1.82, 2.24) is 14.8 Å². The average Bonchev–Trinajstić information content (AvgIpc) is 2.75. The molecule has 0 spiro atoms. The fourth-order valence-electron chi connectivity index (χ4n) is 2.40. The lowest BCUT2D eigenvalue weighted by atomic mass is 9.87. The number of halogens is 2. The Morgan fingerprint density at radius 1 is 1.38 bits per heavy atom. The van der Waals surface area contributed by atoms with Crippen LogP contribution in [0.25, 0.3) is 0 Å². The van der Waals surface area contributed by atoms with E-state index in [-0.39, 0.29) is 5.82 Å². The molecule has 0 aliphatic heterocycles. The first-order chi connectivity index (χ1) is 9.91. The van der Waals surface area contributed by atoms with Gasteiger partial charge >= 0.3 is 0 Å². The first kappa shape index (κ1) is 16.1. The summed E-state index contributed by atoms with van der Waals surface area (Å²) < 4.78 is 16.0. The number of pyridine rings is 1. The Morgan fingerprint density at radius 3 is 2.62 bits per heavy atom. The summed E-state index contributed by atoms with van der Waals surface area (Å²) in [7, 11) is 0. The van der Waals surface area contributed by atoms with E-state index >= 15 is 0 Å². The van der Waals surface area contributed by atoms with Crippen molar-refractivity contribution in [2.75, 3.05) is 0 Å². The second-order valence-electron chi connectivity index (χ2n) is 5.21. The maximum atomic E-state index is 13.1. The van der Waals surface area contributed by atoms with Crippen molar-refractivity contribution in [2.24, 2.45) is 5.73 Å². The minimum absolute atomic E-state index is 0.354. The van der Waals surface area contributed by atoms with Crippen LogP contribution in [0.2, 0.25) is 0 Å². The number of hydrogen-bond acceptors (Lipinski definition) is 3. The Balaban J connectivity index is 2.40. The third-order valence-electron chi connectivity index (χ3n) is 3.80. The van der Waals surface area contributed by atoms with Crippen LogP contribution in [-0.4, -0.2) is 14.8 Å². The minimum atomic E-state index is -0.643. The zero-order chi connectivity index (χ0) is 15.6. The normalized spacial score (nSPS) is 14.2. The molecule has 0 amide bonds. The Bertz CT molecular complexity index is 623. The Hall–Kier alpha value is -1.27. The monoisotopic (exact) mass is 354 g/mol. The van der Waals surface area contributed by atoms with Crippen molar-refractivity contribution in [1.29, 1.82) is 0 Å². The minimum Gasteiger partial charge on any atom is -0.320 e. The molecule has 0 saturated carbocycles. The highest BCUT2D eigenvalue weighted by Crippen LogP contribution is 2.30. The van der Waals surface area contributed by atoms with Crippen LogP contribution in [-0.2, 0) is 18.5 Å². The van der Waals surface area contributed by atoms with E-state index in [0.29, 0.717) is 18.5 Å². The summed E-state index contributed by atoms with van der Waals surface area (Å²) in [4.78, 5) is 4.16. The molecule has 21 heavy (non-hydrogen) atoms. The SMILES string of the molecule is CCn1nc(C)c(Br)c1CC(N)(CC)c1ccc(F)cn1. The standard InChI is InChI=1S/C15H20BrFN4/c1-4-15(18,13-7-6-11(17)9-19-13)8-12-14(16)10(3)20-21(12)5-2/h6-7,9H,4-5,8,18H2,1-3H3. The molecule has 0 aliphatic rings. The van der Waals surface area contributed by atoms with Gasteiger partial charge in [-0.3, -0.25) is 9.67 Å². The molecular weight excluding hydrogens is 335 g/mol. The van der Waals surface area contributed by atoms with Gasteiger partial charge < -0.3 is 5.73 Å². The molecule has 2 rings (SSSR count). The molecular formula is C15H20BrFN4. The fourth-order valence-corrected chi connectivity index (χ4v) is 2.83. The third kappa shape index (κ3) is 3.16. The van der Waals surface area contributed by atoms with Crippen LogP contribution in [0.1, 0.15) is 37.4 Å². The van der Waals surface area contributed by atoms with Gasteiger partial charge in [0.25, 0.3) is 0 Å². The number of rotatable bonds is 5. The van der Waals surface area contributed by atoms with E-state index in [4.69, 9.17) is 5.73 Å². The number of aryl methyl sites for hydroxylation is 2. The van der Waals surface area contributed by atoms with Gasteiger partial charge in [0.15, 0.2) is 0 Å². The summed E-state index contributed by atoms with van der Waals surface area (Å²) in [6.07, 6.45) is 2.51. The molecule has 2 heterocycles. The summed E-state index contributed by atoms with van der Waals surface area (Å²) in [6.45, 7) is 6.79. The second kappa shape index (κ2) is 6.23. The van der Waals surface area contributed by atoms with Crippen LogP contribution in [0, 0.1) is 12.7 Å². The van der Waals surface area contributed by atoms with E-state index in [2.05, 4.69) is 26.0 Å². The summed E-state index contributed by atoms with van der Waals surface area (Å²) in [5, 5.41) is 4.49. The van der Waals surface area contributed by atoms with Gasteiger partial charge in [0.1, 0.15) is 5.82 Å². The van der Waals surface area contributed by atoms with Gasteiger partial charge in [-0.05, 0) is 48.3 Å². The van der Waals surface area contributed by atoms with Crippen LogP contribution in [0.15, 0.2) is 22.8 Å². The van der Waals surface area contributed by atoms with E-state index < -0.39 is 5.54 Å². The highest BCUT2D eigenvalue weighted by Gasteiger charge is 2.30. The van der Waals surface area contributed by atoms with Crippen LogP contribution >= 0.6 is 15.9 Å². The Kier molecular flexibility index (Phi) is 4.78. The fraction of sp³-hybridized carbons (Fsp3) is 0.467. The van der Waals surface area contributed by atoms with Crippen molar-refractivity contribution < 1.29 is 4.39 Å². The predicted molar refractivity (Wildman–Crippen MR) is 84.4 cm³/mol. The summed E-state index contributed by atoms with van der Waals surface area (Å²) in [5.74, 6) is -0.354. The van der Waals surface area contributed by atoms with E-state index in [0.717, 1.165) is 22.4 Å². The van der Waals surface area contributed by atoms with Crippen molar-refractivity contribution in [3.63, 3.8) is 0 Å². The smallest absolute Gasteiger partial charge is 0.141 e. The zero-order valence-corrected chi connectivity index (χ0v) is 14.1. The quantitative estimate of drug-likeness (QED) is 0.895. The summed E-state index contributed by atoms with van der Waals surface area (Å²) >= 11 is 3.59. The largest absolute Gasteiger partial charge is 0.320 e. The molecule has 4 nitrogen and oxygen atoms in total.